The van der Waals surface area contributed by atoms with Crippen LogP contribution >= 0.6 is 11.3 Å². The number of ketones is 1. The minimum atomic E-state index is -5.55. The molecule has 4 rings (SSSR count). The Kier molecular flexibility index (Phi) is 7.65. The van der Waals surface area contributed by atoms with E-state index in [0.29, 0.717) is 21.3 Å². The molecule has 0 radical (unpaired) electrons. The topological polar surface area (TPSA) is 120 Å². The number of aryl methyl sites for hydroxylation is 1. The van der Waals surface area contributed by atoms with Gasteiger partial charge in [0.2, 0.25) is 5.78 Å². The third-order valence-electron chi connectivity index (χ3n) is 5.46. The molecule has 0 saturated heterocycles. The highest BCUT2D eigenvalue weighted by Gasteiger charge is 2.48. The van der Waals surface area contributed by atoms with Crippen LogP contribution in [0.4, 0.5) is 13.2 Å². The van der Waals surface area contributed by atoms with E-state index in [1.807, 2.05) is 0 Å². The molecule has 2 N–H and O–H groups in total. The van der Waals surface area contributed by atoms with Crippen LogP contribution in [0.15, 0.2) is 77.7 Å². The Bertz CT molecular complexity index is 1550. The SMILES string of the molecule is Cc1ccc(S(=O)(=O)N(OC(=O)C(F)(F)F)C(C(=O)c2nc3ccccc3s2)c2ccc(CN)cc2)cc1. The Balaban J connectivity index is 1.92. The number of Topliss-reactive ketones (excluding diaryl/α,β-unsaturated/α-hetero) is 1. The Morgan fingerprint density at radius 2 is 1.66 bits per heavy atom. The lowest BCUT2D eigenvalue weighted by Gasteiger charge is -2.28. The van der Waals surface area contributed by atoms with Gasteiger partial charge in [-0.3, -0.25) is 4.79 Å². The highest BCUT2D eigenvalue weighted by atomic mass is 32.2. The summed E-state index contributed by atoms with van der Waals surface area (Å²) in [4.78, 5) is 34.0. The fraction of sp³-hybridized carbons (Fsp3) is 0.160. The van der Waals surface area contributed by atoms with Crippen LogP contribution in [0.2, 0.25) is 0 Å². The van der Waals surface area contributed by atoms with Gasteiger partial charge in [0.1, 0.15) is 0 Å². The summed E-state index contributed by atoms with van der Waals surface area (Å²) in [6.07, 6.45) is -5.55. The number of rotatable bonds is 8. The highest BCUT2D eigenvalue weighted by molar-refractivity contribution is 7.89. The van der Waals surface area contributed by atoms with Crippen molar-refractivity contribution in [3.05, 3.63) is 94.5 Å². The predicted molar refractivity (Wildman–Crippen MR) is 133 cm³/mol. The van der Waals surface area contributed by atoms with Crippen molar-refractivity contribution >= 4 is 43.3 Å². The molecule has 8 nitrogen and oxygen atoms in total. The predicted octanol–water partition coefficient (Wildman–Crippen LogP) is 4.70. The summed E-state index contributed by atoms with van der Waals surface area (Å²) >= 11 is 0.921. The molecule has 13 heteroatoms. The molecule has 0 fully saturated rings. The van der Waals surface area contributed by atoms with E-state index in [1.165, 1.54) is 36.4 Å². The van der Waals surface area contributed by atoms with E-state index >= 15 is 0 Å². The van der Waals surface area contributed by atoms with Gasteiger partial charge in [-0.15, -0.1) is 11.3 Å². The lowest BCUT2D eigenvalue weighted by molar-refractivity contribution is -0.225. The minimum Gasteiger partial charge on any atom is -0.344 e. The average Bonchev–Trinajstić information content (AvgIpc) is 3.32. The van der Waals surface area contributed by atoms with Gasteiger partial charge in [-0.1, -0.05) is 54.1 Å². The smallest absolute Gasteiger partial charge is 0.344 e. The Morgan fingerprint density at radius 1 is 1.03 bits per heavy atom. The molecule has 4 aromatic rings. The van der Waals surface area contributed by atoms with Gasteiger partial charge in [-0.05, 0) is 46.8 Å². The lowest BCUT2D eigenvalue weighted by Crippen LogP contribution is -2.43. The maximum atomic E-state index is 13.8. The number of carbonyl (C=O) groups excluding carboxylic acids is 2. The van der Waals surface area contributed by atoms with Crippen molar-refractivity contribution < 1.29 is 36.0 Å². The third-order valence-corrected chi connectivity index (χ3v) is 8.13. The van der Waals surface area contributed by atoms with Crippen LogP contribution in [-0.4, -0.2) is 35.8 Å². The fourth-order valence-corrected chi connectivity index (χ4v) is 5.77. The molecule has 0 aliphatic heterocycles. The number of carbonyl (C=O) groups is 2. The molecule has 0 aliphatic rings. The zero-order valence-electron chi connectivity index (χ0n) is 19.7. The Labute approximate surface area is 219 Å². The number of para-hydroxylation sites is 1. The van der Waals surface area contributed by atoms with Crippen LogP contribution in [0.5, 0.6) is 0 Å². The first-order chi connectivity index (χ1) is 17.9. The van der Waals surface area contributed by atoms with Gasteiger partial charge >= 0.3 is 12.1 Å². The molecule has 198 valence electrons. The highest BCUT2D eigenvalue weighted by Crippen LogP contribution is 2.35. The second-order valence-corrected chi connectivity index (χ2v) is 11.0. The number of sulfonamides is 1. The van der Waals surface area contributed by atoms with E-state index in [0.717, 1.165) is 23.5 Å². The molecule has 1 aromatic heterocycles. The zero-order chi connectivity index (χ0) is 27.7. The van der Waals surface area contributed by atoms with E-state index in [9.17, 15) is 31.2 Å². The number of nitrogens with zero attached hydrogens (tertiary/aromatic N) is 2. The second kappa shape index (κ2) is 10.6. The molecule has 1 atom stereocenters. The number of hydroxylamine groups is 1. The fourth-order valence-electron chi connectivity index (χ4n) is 3.49. The number of hydrogen-bond donors (Lipinski definition) is 1. The number of halogens is 3. The second-order valence-electron chi connectivity index (χ2n) is 8.15. The van der Waals surface area contributed by atoms with Crippen LogP contribution in [0.1, 0.15) is 32.5 Å². The molecular weight excluding hydrogens is 543 g/mol. The van der Waals surface area contributed by atoms with E-state index < -0.39 is 38.9 Å². The molecule has 0 bridgehead atoms. The summed E-state index contributed by atoms with van der Waals surface area (Å²) < 4.78 is 67.5. The summed E-state index contributed by atoms with van der Waals surface area (Å²) in [5, 5.41) is -0.189. The lowest BCUT2D eigenvalue weighted by atomic mass is 10.0. The van der Waals surface area contributed by atoms with Crippen molar-refractivity contribution in [3.63, 3.8) is 0 Å². The van der Waals surface area contributed by atoms with Crippen molar-refractivity contribution in [2.75, 3.05) is 0 Å². The van der Waals surface area contributed by atoms with Gasteiger partial charge in [-0.25, -0.2) is 18.2 Å². The summed E-state index contributed by atoms with van der Waals surface area (Å²) in [5.41, 5.74) is 7.28. The van der Waals surface area contributed by atoms with Gasteiger partial charge in [-0.2, -0.15) is 13.2 Å². The monoisotopic (exact) mass is 563 g/mol. The molecule has 0 aliphatic carbocycles. The van der Waals surface area contributed by atoms with Gasteiger partial charge in [0.25, 0.3) is 10.0 Å². The first kappa shape index (κ1) is 27.4. The standard InChI is InChI=1S/C25H20F3N3O5S2/c1-15-6-12-18(13-7-15)38(34,35)31(36-24(33)25(26,27)28)21(17-10-8-16(14-29)9-11-17)22(32)23-30-19-4-2-3-5-20(19)37-23/h2-13,21H,14,29H2,1H3. The number of nitrogens with two attached hydrogens (primary N) is 1. The molecule has 1 heterocycles. The molecule has 38 heavy (non-hydrogen) atoms. The minimum absolute atomic E-state index is 0.0582. The number of thiazole rings is 1. The molecule has 0 saturated carbocycles. The number of alkyl halides is 3. The van der Waals surface area contributed by atoms with Crippen LogP contribution in [0, 0.1) is 6.92 Å². The van der Waals surface area contributed by atoms with Crippen molar-refractivity contribution in [2.45, 2.75) is 30.6 Å². The largest absolute Gasteiger partial charge is 0.492 e. The van der Waals surface area contributed by atoms with Crippen molar-refractivity contribution in [3.8, 4) is 0 Å². The van der Waals surface area contributed by atoms with Gasteiger partial charge in [0.05, 0.1) is 15.1 Å². The molecule has 0 spiro atoms. The number of benzene rings is 3. The first-order valence-electron chi connectivity index (χ1n) is 11.0. The molecule has 3 aromatic carbocycles. The van der Waals surface area contributed by atoms with E-state index in [4.69, 9.17) is 5.73 Å². The Morgan fingerprint density at radius 3 is 2.24 bits per heavy atom. The summed E-state index contributed by atoms with van der Waals surface area (Å²) in [6, 6.07) is 15.4. The van der Waals surface area contributed by atoms with Crippen LogP contribution < -0.4 is 5.73 Å². The van der Waals surface area contributed by atoms with E-state index in [1.54, 1.807) is 31.2 Å². The first-order valence-corrected chi connectivity index (χ1v) is 13.3. The van der Waals surface area contributed by atoms with E-state index in [-0.39, 0.29) is 21.6 Å². The van der Waals surface area contributed by atoms with Crippen LogP contribution in [-0.2, 0) is 26.2 Å². The summed E-state index contributed by atoms with van der Waals surface area (Å²) in [6.45, 7) is 1.79. The maximum Gasteiger partial charge on any atom is 0.492 e. The average molecular weight is 564 g/mol. The van der Waals surface area contributed by atoms with Crippen molar-refractivity contribution in [1.29, 1.82) is 0 Å². The van der Waals surface area contributed by atoms with Crippen molar-refractivity contribution in [1.82, 2.24) is 9.45 Å². The van der Waals surface area contributed by atoms with Crippen LogP contribution in [0.25, 0.3) is 10.2 Å². The van der Waals surface area contributed by atoms with Crippen LogP contribution in [0.3, 0.4) is 0 Å². The Hall–Kier alpha value is -3.65. The van der Waals surface area contributed by atoms with Crippen molar-refractivity contribution in [2.24, 2.45) is 5.73 Å². The van der Waals surface area contributed by atoms with E-state index in [2.05, 4.69) is 9.82 Å². The summed E-state index contributed by atoms with van der Waals surface area (Å²) in [7, 11) is -5.00. The normalized spacial score (nSPS) is 13.0. The number of aromatic nitrogens is 1. The molecule has 1 unspecified atom stereocenters. The van der Waals surface area contributed by atoms with Gasteiger partial charge < -0.3 is 10.6 Å². The summed E-state index contributed by atoms with van der Waals surface area (Å²) in [5.74, 6) is -3.80. The van der Waals surface area contributed by atoms with Gasteiger partial charge in [0, 0.05) is 6.54 Å². The third kappa shape index (κ3) is 5.60. The molecular formula is C25H20F3N3O5S2. The number of hydrogen-bond acceptors (Lipinski definition) is 8. The molecule has 0 amide bonds. The zero-order valence-corrected chi connectivity index (χ0v) is 21.3. The quantitative estimate of drug-likeness (QED) is 0.244. The number of fused-ring (bicyclic) bond motifs is 1. The van der Waals surface area contributed by atoms with Gasteiger partial charge in [0.15, 0.2) is 11.0 Å². The maximum absolute atomic E-state index is 13.8.